The van der Waals surface area contributed by atoms with Crippen molar-refractivity contribution in [2.75, 3.05) is 39.8 Å². The summed E-state index contributed by atoms with van der Waals surface area (Å²) < 4.78 is 20.4. The number of hydrogen-bond donors (Lipinski definition) is 2. The maximum Gasteiger partial charge on any atom is 0.311 e. The molecule has 2 aromatic rings. The molecule has 1 aliphatic rings. The zero-order valence-electron chi connectivity index (χ0n) is 20.1. The van der Waals surface area contributed by atoms with Crippen molar-refractivity contribution in [1.82, 2.24) is 10.4 Å². The van der Waals surface area contributed by atoms with Crippen molar-refractivity contribution in [2.45, 2.75) is 6.42 Å². The second-order valence-corrected chi connectivity index (χ2v) is 7.68. The number of benzene rings is 2. The summed E-state index contributed by atoms with van der Waals surface area (Å²) in [6.07, 6.45) is -0.259. The van der Waals surface area contributed by atoms with Gasteiger partial charge in [-0.1, -0.05) is 6.07 Å². The molecule has 0 radical (unpaired) electrons. The Morgan fingerprint density at radius 3 is 2.35 bits per heavy atom. The van der Waals surface area contributed by atoms with Gasteiger partial charge in [-0.15, -0.1) is 0 Å². The van der Waals surface area contributed by atoms with Crippen LogP contribution in [0.25, 0.3) is 0 Å². The Hall–Kier alpha value is -4.88. The number of anilines is 1. The quantitative estimate of drug-likeness (QED) is 0.266. The number of nitrogens with zero attached hydrogens (tertiary/aromatic N) is 2. The summed E-state index contributed by atoms with van der Waals surface area (Å²) in [7, 11) is 4.11. The van der Waals surface area contributed by atoms with Crippen molar-refractivity contribution in [1.29, 1.82) is 0 Å². The Balaban J connectivity index is 1.58. The maximum absolute atomic E-state index is 12.8. The van der Waals surface area contributed by atoms with Gasteiger partial charge in [0.2, 0.25) is 5.91 Å². The predicted molar refractivity (Wildman–Crippen MR) is 126 cm³/mol. The lowest BCUT2D eigenvalue weighted by Gasteiger charge is -2.19. The summed E-state index contributed by atoms with van der Waals surface area (Å²) >= 11 is 0. The summed E-state index contributed by atoms with van der Waals surface area (Å²) in [4.78, 5) is 60.4. The molecule has 1 saturated heterocycles. The van der Waals surface area contributed by atoms with E-state index in [1.807, 2.05) is 0 Å². The highest BCUT2D eigenvalue weighted by molar-refractivity contribution is 6.01. The van der Waals surface area contributed by atoms with Crippen molar-refractivity contribution >= 4 is 35.1 Å². The van der Waals surface area contributed by atoms with Gasteiger partial charge in [0.05, 0.1) is 38.7 Å². The molecule has 2 aromatic carbocycles. The molecule has 0 bridgehead atoms. The largest absolute Gasteiger partial charge is 0.497 e. The van der Waals surface area contributed by atoms with E-state index in [-0.39, 0.29) is 47.2 Å². The van der Waals surface area contributed by atoms with E-state index in [9.17, 15) is 29.3 Å². The topological polar surface area (TPSA) is 176 Å². The monoisotopic (exact) mass is 516 g/mol. The molecule has 0 unspecified atom stereocenters. The summed E-state index contributed by atoms with van der Waals surface area (Å²) in [6, 6.07) is 8.51. The number of hydrazine groups is 1. The van der Waals surface area contributed by atoms with Crippen LogP contribution in [0.4, 0.5) is 11.4 Å². The van der Waals surface area contributed by atoms with Crippen LogP contribution < -0.4 is 25.0 Å². The number of amides is 3. The molecule has 196 valence electrons. The van der Waals surface area contributed by atoms with Gasteiger partial charge in [0.1, 0.15) is 28.5 Å². The van der Waals surface area contributed by atoms with E-state index in [1.54, 1.807) is 18.2 Å². The molecule has 14 heteroatoms. The number of carbonyl (C=O) groups excluding carboxylic acids is 4. The molecular weight excluding hydrogens is 492 g/mol. The molecule has 0 saturated carbocycles. The lowest BCUT2D eigenvalue weighted by atomic mass is 10.1. The van der Waals surface area contributed by atoms with E-state index in [0.717, 1.165) is 11.1 Å². The first-order valence-electron chi connectivity index (χ1n) is 10.8. The normalized spacial score (nSPS) is 14.5. The third kappa shape index (κ3) is 6.22. The van der Waals surface area contributed by atoms with Crippen LogP contribution in [0.5, 0.6) is 17.2 Å². The molecule has 37 heavy (non-hydrogen) atoms. The third-order valence-electron chi connectivity index (χ3n) is 5.37. The maximum atomic E-state index is 12.8. The first-order chi connectivity index (χ1) is 17.7. The summed E-state index contributed by atoms with van der Waals surface area (Å²) in [5.41, 5.74) is 1.98. The molecule has 1 atom stereocenters. The van der Waals surface area contributed by atoms with Gasteiger partial charge in [-0.25, -0.2) is 0 Å². The van der Waals surface area contributed by atoms with E-state index in [2.05, 4.69) is 10.7 Å². The zero-order valence-corrected chi connectivity index (χ0v) is 20.1. The molecule has 3 amide bonds. The van der Waals surface area contributed by atoms with E-state index in [4.69, 9.17) is 18.9 Å². The summed E-state index contributed by atoms with van der Waals surface area (Å²) in [5, 5.41) is 14.5. The minimum atomic E-state index is -0.952. The molecule has 1 aliphatic heterocycles. The molecule has 1 heterocycles. The molecular formula is C23H24N4O10. The van der Waals surface area contributed by atoms with Crippen LogP contribution in [0.2, 0.25) is 0 Å². The number of hydrogen-bond acceptors (Lipinski definition) is 10. The first kappa shape index (κ1) is 26.7. The highest BCUT2D eigenvalue weighted by Gasteiger charge is 2.37. The number of methoxy groups -OCH3 is 3. The van der Waals surface area contributed by atoms with Crippen LogP contribution >= 0.6 is 0 Å². The minimum Gasteiger partial charge on any atom is -0.497 e. The second-order valence-electron chi connectivity index (χ2n) is 7.68. The van der Waals surface area contributed by atoms with E-state index >= 15 is 0 Å². The lowest BCUT2D eigenvalue weighted by molar-refractivity contribution is -0.383. The van der Waals surface area contributed by atoms with Crippen molar-refractivity contribution in [3.8, 4) is 17.2 Å². The third-order valence-corrected chi connectivity index (χ3v) is 5.37. The van der Waals surface area contributed by atoms with Crippen LogP contribution in [0.3, 0.4) is 0 Å². The van der Waals surface area contributed by atoms with Gasteiger partial charge in [0, 0.05) is 18.6 Å². The van der Waals surface area contributed by atoms with Crippen molar-refractivity contribution in [3.63, 3.8) is 0 Å². The number of rotatable bonds is 10. The van der Waals surface area contributed by atoms with Crippen LogP contribution in [0.15, 0.2) is 36.4 Å². The Bertz CT molecular complexity index is 1210. The molecule has 0 aromatic heterocycles. The van der Waals surface area contributed by atoms with Crippen LogP contribution in [-0.2, 0) is 19.1 Å². The fourth-order valence-electron chi connectivity index (χ4n) is 3.57. The van der Waals surface area contributed by atoms with Gasteiger partial charge >= 0.3 is 5.97 Å². The van der Waals surface area contributed by atoms with Gasteiger partial charge in [-0.2, -0.15) is 0 Å². The van der Waals surface area contributed by atoms with Crippen molar-refractivity contribution in [3.05, 3.63) is 52.1 Å². The fraction of sp³-hybridized carbons (Fsp3) is 0.304. The van der Waals surface area contributed by atoms with E-state index in [1.165, 1.54) is 33.5 Å². The van der Waals surface area contributed by atoms with Crippen molar-refractivity contribution in [2.24, 2.45) is 5.92 Å². The molecule has 3 rings (SSSR count). The van der Waals surface area contributed by atoms with Crippen molar-refractivity contribution < 1.29 is 43.0 Å². The standard InChI is InChI=1S/C23H24N4O10/c1-34-14-7-8-16(27(32)33)15(10-14)24-19(28)12-37-23(31)13-9-20(29)26(11-13)25-22(30)21-17(35-2)5-4-6-18(21)36-3/h4-8,10,13H,9,11-12H2,1-3H3,(H,24,28)(H,25,30)/t13-/m1/s1. The molecule has 1 fully saturated rings. The Morgan fingerprint density at radius 1 is 1.08 bits per heavy atom. The van der Waals surface area contributed by atoms with Gasteiger partial charge in [0.25, 0.3) is 17.5 Å². The van der Waals surface area contributed by atoms with Crippen LogP contribution in [0, 0.1) is 16.0 Å². The number of esters is 1. The van der Waals surface area contributed by atoms with Gasteiger partial charge < -0.3 is 24.3 Å². The molecule has 0 aliphatic carbocycles. The number of nitro groups is 1. The number of carbonyl (C=O) groups is 4. The van der Waals surface area contributed by atoms with Crippen LogP contribution in [0.1, 0.15) is 16.8 Å². The summed E-state index contributed by atoms with van der Waals surface area (Å²) in [6.45, 7) is -0.938. The SMILES string of the molecule is COc1ccc([N+](=O)[O-])c(NC(=O)COC(=O)[C@@H]2CC(=O)N(NC(=O)c3c(OC)cccc3OC)C2)c1. The highest BCUT2D eigenvalue weighted by Crippen LogP contribution is 2.30. The number of ether oxygens (including phenoxy) is 4. The molecule has 14 nitrogen and oxygen atoms in total. The average molecular weight is 516 g/mol. The van der Waals surface area contributed by atoms with Crippen LogP contribution in [-0.4, -0.2) is 68.1 Å². The van der Waals surface area contributed by atoms with Gasteiger partial charge in [-0.3, -0.25) is 39.7 Å². The lowest BCUT2D eigenvalue weighted by Crippen LogP contribution is -2.43. The van der Waals surface area contributed by atoms with Gasteiger partial charge in [0.15, 0.2) is 6.61 Å². The first-order valence-corrected chi connectivity index (χ1v) is 10.8. The Labute approximate surface area is 210 Å². The van der Waals surface area contributed by atoms with E-state index in [0.29, 0.717) is 0 Å². The van der Waals surface area contributed by atoms with Gasteiger partial charge in [-0.05, 0) is 18.2 Å². The Morgan fingerprint density at radius 2 is 1.76 bits per heavy atom. The summed E-state index contributed by atoms with van der Waals surface area (Å²) in [5.74, 6) is -3.14. The smallest absolute Gasteiger partial charge is 0.311 e. The minimum absolute atomic E-state index is 0.0645. The number of nitrogens with one attached hydrogen (secondary N) is 2. The predicted octanol–water partition coefficient (Wildman–Crippen LogP) is 1.30. The zero-order chi connectivity index (χ0) is 27.1. The second kappa shape index (κ2) is 11.7. The molecule has 2 N–H and O–H groups in total. The van der Waals surface area contributed by atoms with E-state index < -0.39 is 41.1 Å². The highest BCUT2D eigenvalue weighted by atomic mass is 16.6. The fourth-order valence-corrected chi connectivity index (χ4v) is 3.57. The Kier molecular flexibility index (Phi) is 8.45. The molecule has 0 spiro atoms. The average Bonchev–Trinajstić information content (AvgIpc) is 3.26. The number of nitro benzene ring substituents is 1.